The Kier molecular flexibility index (Phi) is 2.37. The van der Waals surface area contributed by atoms with E-state index in [1.165, 1.54) is 6.92 Å². The lowest BCUT2D eigenvalue weighted by Gasteiger charge is -2.06. The molecule has 0 amide bonds. The van der Waals surface area contributed by atoms with E-state index in [-0.39, 0.29) is 11.8 Å². The summed E-state index contributed by atoms with van der Waals surface area (Å²) in [6.45, 7) is 3.27. The van der Waals surface area contributed by atoms with E-state index < -0.39 is 0 Å². The fourth-order valence-corrected chi connectivity index (χ4v) is 1.12. The summed E-state index contributed by atoms with van der Waals surface area (Å²) in [5, 5.41) is 2.86. The summed E-state index contributed by atoms with van der Waals surface area (Å²) in [7, 11) is 0. The largest absolute Gasteiger partial charge is 0.422 e. The Labute approximate surface area is 86.5 Å². The molecule has 2 aromatic rings. The number of anilines is 1. The summed E-state index contributed by atoms with van der Waals surface area (Å²) in [4.78, 5) is 19.1. The van der Waals surface area contributed by atoms with E-state index in [2.05, 4.69) is 15.3 Å². The van der Waals surface area contributed by atoms with E-state index in [4.69, 9.17) is 4.42 Å². The second-order valence-corrected chi connectivity index (χ2v) is 3.32. The van der Waals surface area contributed by atoms with Gasteiger partial charge < -0.3 is 9.73 Å². The minimum absolute atomic E-state index is 0.0326. The van der Waals surface area contributed by atoms with Crippen LogP contribution in [0.25, 0.3) is 11.2 Å². The van der Waals surface area contributed by atoms with Crippen molar-refractivity contribution in [3.8, 4) is 0 Å². The number of pyridine rings is 1. The zero-order chi connectivity index (χ0) is 10.8. The van der Waals surface area contributed by atoms with Crippen LogP contribution in [0, 0.1) is 0 Å². The van der Waals surface area contributed by atoms with Crippen molar-refractivity contribution in [3.05, 3.63) is 18.3 Å². The van der Waals surface area contributed by atoms with Gasteiger partial charge in [-0.1, -0.05) is 0 Å². The maximum absolute atomic E-state index is 11.0. The van der Waals surface area contributed by atoms with E-state index in [1.807, 2.05) is 0 Å². The van der Waals surface area contributed by atoms with Crippen LogP contribution < -0.4 is 5.32 Å². The SMILES string of the molecule is CC(=O)C(C)Nc1nc2ncccc2o1. The molecule has 15 heavy (non-hydrogen) atoms. The summed E-state index contributed by atoms with van der Waals surface area (Å²) in [6.07, 6.45) is 1.64. The summed E-state index contributed by atoms with van der Waals surface area (Å²) < 4.78 is 5.35. The maximum atomic E-state index is 11.0. The Morgan fingerprint density at radius 2 is 2.40 bits per heavy atom. The van der Waals surface area contributed by atoms with E-state index in [0.717, 1.165) is 0 Å². The Morgan fingerprint density at radius 1 is 1.60 bits per heavy atom. The Bertz CT molecular complexity index is 459. The first kappa shape index (κ1) is 9.64. The summed E-state index contributed by atoms with van der Waals surface area (Å²) in [5.74, 6) is 0.0326. The third kappa shape index (κ3) is 1.96. The first-order valence-electron chi connectivity index (χ1n) is 4.65. The number of carbonyl (C=O) groups is 1. The van der Waals surface area contributed by atoms with Crippen molar-refractivity contribution in [2.24, 2.45) is 0 Å². The lowest BCUT2D eigenvalue weighted by atomic mass is 10.2. The van der Waals surface area contributed by atoms with Crippen molar-refractivity contribution in [1.29, 1.82) is 0 Å². The van der Waals surface area contributed by atoms with Crippen LogP contribution in [0.3, 0.4) is 0 Å². The van der Waals surface area contributed by atoms with Crippen molar-refractivity contribution in [1.82, 2.24) is 9.97 Å². The average molecular weight is 205 g/mol. The minimum atomic E-state index is -0.307. The van der Waals surface area contributed by atoms with Crippen molar-refractivity contribution in [3.63, 3.8) is 0 Å². The lowest BCUT2D eigenvalue weighted by Crippen LogP contribution is -2.23. The van der Waals surface area contributed by atoms with E-state index >= 15 is 0 Å². The standard InChI is InChI=1S/C10H11N3O2/c1-6(7(2)14)12-10-13-9-8(15-10)4-3-5-11-9/h3-6H,1-2H3,(H,11,12,13). The number of hydrogen-bond acceptors (Lipinski definition) is 5. The molecule has 2 heterocycles. The zero-order valence-corrected chi connectivity index (χ0v) is 8.52. The van der Waals surface area contributed by atoms with Gasteiger partial charge >= 0.3 is 0 Å². The van der Waals surface area contributed by atoms with Gasteiger partial charge in [0.2, 0.25) is 5.65 Å². The first-order chi connectivity index (χ1) is 7.16. The molecular formula is C10H11N3O2. The molecule has 78 valence electrons. The highest BCUT2D eigenvalue weighted by molar-refractivity contribution is 5.83. The lowest BCUT2D eigenvalue weighted by molar-refractivity contribution is -0.117. The third-order valence-electron chi connectivity index (χ3n) is 2.11. The molecule has 0 saturated carbocycles. The van der Waals surface area contributed by atoms with Crippen molar-refractivity contribution in [2.45, 2.75) is 19.9 Å². The van der Waals surface area contributed by atoms with Crippen LogP contribution in [0.2, 0.25) is 0 Å². The Hall–Kier alpha value is -1.91. The van der Waals surface area contributed by atoms with E-state index in [9.17, 15) is 4.79 Å². The molecular weight excluding hydrogens is 194 g/mol. The van der Waals surface area contributed by atoms with Crippen LogP contribution in [0.15, 0.2) is 22.7 Å². The molecule has 0 aliphatic rings. The number of nitrogens with one attached hydrogen (secondary N) is 1. The molecule has 1 N–H and O–H groups in total. The highest BCUT2D eigenvalue weighted by Crippen LogP contribution is 2.16. The van der Waals surface area contributed by atoms with Crippen molar-refractivity contribution < 1.29 is 9.21 Å². The molecule has 1 unspecified atom stereocenters. The molecule has 5 nitrogen and oxygen atoms in total. The summed E-state index contributed by atoms with van der Waals surface area (Å²) in [6, 6.07) is 3.56. The number of carbonyl (C=O) groups excluding carboxylic acids is 1. The zero-order valence-electron chi connectivity index (χ0n) is 8.52. The molecule has 1 atom stereocenters. The molecule has 0 aliphatic heterocycles. The van der Waals surface area contributed by atoms with Gasteiger partial charge in [0.1, 0.15) is 0 Å². The molecule has 0 radical (unpaired) electrons. The van der Waals surface area contributed by atoms with Gasteiger partial charge in [-0.25, -0.2) is 4.98 Å². The van der Waals surface area contributed by atoms with E-state index in [1.54, 1.807) is 25.3 Å². The molecule has 5 heteroatoms. The molecule has 0 fully saturated rings. The van der Waals surface area contributed by atoms with Crippen LogP contribution in [-0.4, -0.2) is 21.8 Å². The van der Waals surface area contributed by atoms with Crippen molar-refractivity contribution in [2.75, 3.05) is 5.32 Å². The monoisotopic (exact) mass is 205 g/mol. The topological polar surface area (TPSA) is 68.0 Å². The van der Waals surface area contributed by atoms with Gasteiger partial charge in [0.25, 0.3) is 6.01 Å². The van der Waals surface area contributed by atoms with E-state index in [0.29, 0.717) is 17.2 Å². The van der Waals surface area contributed by atoms with Gasteiger partial charge in [-0.2, -0.15) is 4.98 Å². The fourth-order valence-electron chi connectivity index (χ4n) is 1.12. The average Bonchev–Trinajstić information content (AvgIpc) is 2.59. The van der Waals surface area contributed by atoms with Crippen LogP contribution in [-0.2, 0) is 4.79 Å². The molecule has 2 aromatic heterocycles. The number of oxazole rings is 1. The smallest absolute Gasteiger partial charge is 0.297 e. The van der Waals surface area contributed by atoms with Gasteiger partial charge in [-0.15, -0.1) is 0 Å². The van der Waals surface area contributed by atoms with Gasteiger partial charge in [0.05, 0.1) is 6.04 Å². The number of aromatic nitrogens is 2. The third-order valence-corrected chi connectivity index (χ3v) is 2.11. The molecule has 2 rings (SSSR count). The number of rotatable bonds is 3. The minimum Gasteiger partial charge on any atom is -0.422 e. The summed E-state index contributed by atoms with van der Waals surface area (Å²) in [5.41, 5.74) is 1.14. The number of fused-ring (bicyclic) bond motifs is 1. The predicted octanol–water partition coefficient (Wildman–Crippen LogP) is 1.61. The Morgan fingerprint density at radius 3 is 3.07 bits per heavy atom. The van der Waals surface area contributed by atoms with Gasteiger partial charge in [0, 0.05) is 6.20 Å². The quantitative estimate of drug-likeness (QED) is 0.824. The molecule has 0 aliphatic carbocycles. The van der Waals surface area contributed by atoms with Crippen LogP contribution in [0.1, 0.15) is 13.8 Å². The molecule has 0 saturated heterocycles. The Balaban J connectivity index is 2.26. The van der Waals surface area contributed by atoms with Crippen LogP contribution >= 0.6 is 0 Å². The highest BCUT2D eigenvalue weighted by Gasteiger charge is 2.11. The van der Waals surface area contributed by atoms with Crippen LogP contribution in [0.4, 0.5) is 6.01 Å². The maximum Gasteiger partial charge on any atom is 0.297 e. The molecule has 0 spiro atoms. The number of nitrogens with zero attached hydrogens (tertiary/aromatic N) is 2. The number of Topliss-reactive ketones (excluding diaryl/α,β-unsaturated/α-hetero) is 1. The summed E-state index contributed by atoms with van der Waals surface area (Å²) >= 11 is 0. The van der Waals surface area contributed by atoms with Gasteiger partial charge in [0.15, 0.2) is 11.4 Å². The number of hydrogen-bond donors (Lipinski definition) is 1. The molecule has 0 bridgehead atoms. The second kappa shape index (κ2) is 3.68. The number of ketones is 1. The van der Waals surface area contributed by atoms with Gasteiger partial charge in [-0.3, -0.25) is 4.79 Å². The van der Waals surface area contributed by atoms with Crippen molar-refractivity contribution >= 4 is 23.0 Å². The van der Waals surface area contributed by atoms with Gasteiger partial charge in [-0.05, 0) is 26.0 Å². The first-order valence-corrected chi connectivity index (χ1v) is 4.65. The molecule has 0 aromatic carbocycles. The normalized spacial score (nSPS) is 12.7. The predicted molar refractivity (Wildman–Crippen MR) is 55.6 cm³/mol. The fraction of sp³-hybridized carbons (Fsp3) is 0.300. The second-order valence-electron chi connectivity index (χ2n) is 3.32. The highest BCUT2D eigenvalue weighted by atomic mass is 16.4. The van der Waals surface area contributed by atoms with Crippen LogP contribution in [0.5, 0.6) is 0 Å².